The Kier molecular flexibility index (Phi) is 28.1. The number of rotatable bonds is 7. The van der Waals surface area contributed by atoms with E-state index in [-0.39, 0.29) is 38.0 Å². The van der Waals surface area contributed by atoms with Gasteiger partial charge in [0.1, 0.15) is 13.2 Å². The summed E-state index contributed by atoms with van der Waals surface area (Å²) in [4.78, 5) is 21.6. The SMILES string of the molecule is C=CC.C=CC.O=C(CCS)OCCOC(=O)CCS. The topological polar surface area (TPSA) is 52.6 Å². The summed E-state index contributed by atoms with van der Waals surface area (Å²) in [6.45, 7) is 10.7. The highest BCUT2D eigenvalue weighted by Gasteiger charge is 2.03. The molecule has 0 aliphatic carbocycles. The summed E-state index contributed by atoms with van der Waals surface area (Å²) in [5.41, 5.74) is 0. The van der Waals surface area contributed by atoms with E-state index in [2.05, 4.69) is 38.4 Å². The fourth-order valence-electron chi connectivity index (χ4n) is 0.638. The van der Waals surface area contributed by atoms with Gasteiger partial charge in [0.25, 0.3) is 0 Å². The molecule has 118 valence electrons. The first-order valence-electron chi connectivity index (χ1n) is 6.20. The first kappa shape index (κ1) is 24.2. The molecule has 0 fully saturated rings. The molecule has 0 unspecified atom stereocenters. The van der Waals surface area contributed by atoms with E-state index >= 15 is 0 Å². The highest BCUT2D eigenvalue weighted by atomic mass is 32.1. The fraction of sp³-hybridized carbons (Fsp3) is 0.571. The van der Waals surface area contributed by atoms with Gasteiger partial charge < -0.3 is 9.47 Å². The van der Waals surface area contributed by atoms with Crippen LogP contribution in [0, 0.1) is 0 Å². The zero-order chi connectivity index (χ0) is 16.2. The normalized spacial score (nSPS) is 8.00. The van der Waals surface area contributed by atoms with Crippen LogP contribution in [-0.2, 0) is 19.1 Å². The van der Waals surface area contributed by atoms with Gasteiger partial charge in [-0.3, -0.25) is 9.59 Å². The summed E-state index contributed by atoms with van der Waals surface area (Å²) in [6.07, 6.45) is 4.04. The molecule has 0 atom stereocenters. The second kappa shape index (κ2) is 23.2. The molecule has 6 heteroatoms. The van der Waals surface area contributed by atoms with Gasteiger partial charge in [0, 0.05) is 11.5 Å². The number of carbonyl (C=O) groups is 2. The summed E-state index contributed by atoms with van der Waals surface area (Å²) < 4.78 is 9.45. The van der Waals surface area contributed by atoms with Crippen LogP contribution in [0.25, 0.3) is 0 Å². The maximum Gasteiger partial charge on any atom is 0.306 e. The first-order valence-corrected chi connectivity index (χ1v) is 7.47. The largest absolute Gasteiger partial charge is 0.462 e. The Bertz CT molecular complexity index is 230. The molecule has 0 saturated heterocycles. The lowest BCUT2D eigenvalue weighted by Gasteiger charge is -2.04. The lowest BCUT2D eigenvalue weighted by molar-refractivity contribution is -0.151. The molecule has 0 spiro atoms. The van der Waals surface area contributed by atoms with Crippen molar-refractivity contribution in [1.29, 1.82) is 0 Å². The third kappa shape index (κ3) is 30.3. The van der Waals surface area contributed by atoms with Gasteiger partial charge in [0.05, 0.1) is 12.8 Å². The number of carbonyl (C=O) groups excluding carboxylic acids is 2. The molecule has 0 bridgehead atoms. The van der Waals surface area contributed by atoms with Crippen LogP contribution in [0.3, 0.4) is 0 Å². The van der Waals surface area contributed by atoms with Crippen LogP contribution < -0.4 is 0 Å². The highest BCUT2D eigenvalue weighted by molar-refractivity contribution is 7.80. The smallest absolute Gasteiger partial charge is 0.306 e. The summed E-state index contributed by atoms with van der Waals surface area (Å²) in [5, 5.41) is 0. The van der Waals surface area contributed by atoms with E-state index in [0.29, 0.717) is 11.5 Å². The van der Waals surface area contributed by atoms with Crippen molar-refractivity contribution in [3.05, 3.63) is 25.3 Å². The average molecular weight is 322 g/mol. The van der Waals surface area contributed by atoms with Crippen molar-refractivity contribution < 1.29 is 19.1 Å². The van der Waals surface area contributed by atoms with Crippen LogP contribution in [-0.4, -0.2) is 36.7 Å². The van der Waals surface area contributed by atoms with Crippen LogP contribution in [0.2, 0.25) is 0 Å². The molecule has 0 heterocycles. The Labute approximate surface area is 133 Å². The molecule has 0 amide bonds. The number of esters is 2. The lowest BCUT2D eigenvalue weighted by Crippen LogP contribution is -2.14. The Balaban J connectivity index is -0.000000408. The van der Waals surface area contributed by atoms with Gasteiger partial charge in [0.15, 0.2) is 0 Å². The van der Waals surface area contributed by atoms with Crippen molar-refractivity contribution in [2.24, 2.45) is 0 Å². The molecule has 0 saturated carbocycles. The van der Waals surface area contributed by atoms with Crippen LogP contribution in [0.15, 0.2) is 25.3 Å². The molecule has 0 aliphatic rings. The van der Waals surface area contributed by atoms with Gasteiger partial charge in [-0.05, 0) is 13.8 Å². The van der Waals surface area contributed by atoms with Gasteiger partial charge in [-0.2, -0.15) is 25.3 Å². The number of hydrogen-bond donors (Lipinski definition) is 2. The van der Waals surface area contributed by atoms with Crippen molar-refractivity contribution in [3.8, 4) is 0 Å². The van der Waals surface area contributed by atoms with Crippen LogP contribution in [0.1, 0.15) is 26.7 Å². The first-order chi connectivity index (χ1) is 9.53. The van der Waals surface area contributed by atoms with E-state index < -0.39 is 0 Å². The average Bonchev–Trinajstić information content (AvgIpc) is 2.37. The Morgan fingerprint density at radius 3 is 1.35 bits per heavy atom. The van der Waals surface area contributed by atoms with Gasteiger partial charge in [-0.15, -0.1) is 13.2 Å². The van der Waals surface area contributed by atoms with Crippen molar-refractivity contribution in [3.63, 3.8) is 0 Å². The number of allylic oxidation sites excluding steroid dienone is 2. The monoisotopic (exact) mass is 322 g/mol. The molecule has 0 aromatic rings. The third-order valence-electron chi connectivity index (χ3n) is 1.24. The fourth-order valence-corrected chi connectivity index (χ4v) is 1.00. The van der Waals surface area contributed by atoms with E-state index in [1.165, 1.54) is 0 Å². The predicted octanol–water partition coefficient (Wildman–Crippen LogP) is 3.10. The molecule has 4 nitrogen and oxygen atoms in total. The van der Waals surface area contributed by atoms with Gasteiger partial charge in [0.2, 0.25) is 0 Å². The Hall–Kier alpha value is -0.880. The molecule has 0 aromatic heterocycles. The van der Waals surface area contributed by atoms with Gasteiger partial charge >= 0.3 is 11.9 Å². The number of ether oxygens (including phenoxy) is 2. The lowest BCUT2D eigenvalue weighted by atomic mass is 10.5. The second-order valence-corrected chi connectivity index (χ2v) is 4.10. The van der Waals surface area contributed by atoms with Crippen molar-refractivity contribution in [1.82, 2.24) is 0 Å². The van der Waals surface area contributed by atoms with Gasteiger partial charge in [-0.25, -0.2) is 0 Å². The minimum atomic E-state index is -0.328. The maximum absolute atomic E-state index is 10.8. The molecule has 0 radical (unpaired) electrons. The highest BCUT2D eigenvalue weighted by Crippen LogP contribution is 1.91. The minimum absolute atomic E-state index is 0.102. The molecule has 0 N–H and O–H groups in total. The van der Waals surface area contributed by atoms with Crippen molar-refractivity contribution in [2.75, 3.05) is 24.7 Å². The van der Waals surface area contributed by atoms with E-state index in [0.717, 1.165) is 0 Å². The van der Waals surface area contributed by atoms with E-state index in [1.807, 2.05) is 13.8 Å². The van der Waals surface area contributed by atoms with Crippen LogP contribution in [0.4, 0.5) is 0 Å². The summed E-state index contributed by atoms with van der Waals surface area (Å²) in [7, 11) is 0. The predicted molar refractivity (Wildman–Crippen MR) is 90.6 cm³/mol. The molecule has 0 aliphatic heterocycles. The molecule has 0 rings (SSSR count). The van der Waals surface area contributed by atoms with Crippen molar-refractivity contribution in [2.45, 2.75) is 26.7 Å². The Morgan fingerprint density at radius 1 is 0.900 bits per heavy atom. The summed E-state index contributed by atoms with van der Waals surface area (Å²) >= 11 is 7.74. The van der Waals surface area contributed by atoms with E-state index in [1.54, 1.807) is 12.2 Å². The molecular weight excluding hydrogens is 296 g/mol. The second-order valence-electron chi connectivity index (χ2n) is 3.20. The Morgan fingerprint density at radius 2 is 1.15 bits per heavy atom. The van der Waals surface area contributed by atoms with Crippen LogP contribution >= 0.6 is 25.3 Å². The molecular formula is C14H26O4S2. The summed E-state index contributed by atoms with van der Waals surface area (Å²) in [5.74, 6) is 0.256. The minimum Gasteiger partial charge on any atom is -0.462 e. The summed E-state index contributed by atoms with van der Waals surface area (Å²) in [6, 6.07) is 0. The molecule has 0 aromatic carbocycles. The zero-order valence-corrected chi connectivity index (χ0v) is 14.1. The standard InChI is InChI=1S/C8H14O4S2.2C3H6/c9-7(1-5-13)11-3-4-12-8(10)2-6-14;2*1-3-2/h13-14H,1-6H2;2*3H,1H2,2H3. The quantitative estimate of drug-likeness (QED) is 0.327. The van der Waals surface area contributed by atoms with Crippen LogP contribution in [0.5, 0.6) is 0 Å². The number of hydrogen-bond acceptors (Lipinski definition) is 6. The van der Waals surface area contributed by atoms with E-state index in [9.17, 15) is 9.59 Å². The maximum atomic E-state index is 10.8. The van der Waals surface area contributed by atoms with Crippen molar-refractivity contribution >= 4 is 37.2 Å². The molecule has 20 heavy (non-hydrogen) atoms. The number of thiol groups is 2. The van der Waals surface area contributed by atoms with E-state index in [4.69, 9.17) is 9.47 Å². The third-order valence-corrected chi connectivity index (χ3v) is 1.69. The van der Waals surface area contributed by atoms with Gasteiger partial charge in [-0.1, -0.05) is 12.2 Å². The zero-order valence-electron chi connectivity index (χ0n) is 12.3.